The Balaban J connectivity index is 0.00000176. The Hall–Kier alpha value is -1.37. The molecule has 0 amide bonds. The van der Waals surface area contributed by atoms with E-state index in [4.69, 9.17) is 0 Å². The van der Waals surface area contributed by atoms with Crippen molar-refractivity contribution in [2.45, 2.75) is 4.90 Å². The van der Waals surface area contributed by atoms with Gasteiger partial charge < -0.3 is 9.87 Å². The number of fused-ring (bicyclic) bond motifs is 1. The second kappa shape index (κ2) is 6.81. The molecule has 0 saturated carbocycles. The van der Waals surface area contributed by atoms with Crippen LogP contribution in [0.15, 0.2) is 71.6 Å². The number of hydrogen-bond donors (Lipinski definition) is 1. The van der Waals surface area contributed by atoms with Crippen LogP contribution in [-0.4, -0.2) is 13.0 Å². The maximum absolute atomic E-state index is 11.7. The van der Waals surface area contributed by atoms with E-state index in [2.05, 4.69) is 5.32 Å². The molecule has 0 aromatic heterocycles. The Morgan fingerprint density at radius 3 is 2.14 bits per heavy atom. The first kappa shape index (κ1) is 17.0. The molecule has 3 rings (SSSR count). The summed E-state index contributed by atoms with van der Waals surface area (Å²) in [6.45, 7) is 0. The van der Waals surface area contributed by atoms with Gasteiger partial charge in [0.15, 0.2) is 0 Å². The van der Waals surface area contributed by atoms with Crippen LogP contribution in [0.25, 0.3) is 10.8 Å². The molecule has 0 aliphatic carbocycles. The van der Waals surface area contributed by atoms with Crippen molar-refractivity contribution in [3.05, 3.63) is 66.7 Å². The molecule has 0 radical (unpaired) electrons. The summed E-state index contributed by atoms with van der Waals surface area (Å²) in [5.41, 5.74) is 1.01. The normalized spacial score (nSPS) is 11.0. The molecule has 0 bridgehead atoms. The van der Waals surface area contributed by atoms with Crippen molar-refractivity contribution in [2.24, 2.45) is 0 Å². The van der Waals surface area contributed by atoms with Crippen LogP contribution in [-0.2, 0) is 10.1 Å². The number of hydrogen-bond acceptors (Lipinski definition) is 4. The fourth-order valence-corrected chi connectivity index (χ4v) is 3.13. The summed E-state index contributed by atoms with van der Waals surface area (Å²) in [6.07, 6.45) is 0. The summed E-state index contributed by atoms with van der Waals surface area (Å²) in [4.78, 5) is -0.218. The zero-order valence-electron chi connectivity index (χ0n) is 12.0. The number of anilines is 2. The van der Waals surface area contributed by atoms with Crippen LogP contribution in [0.5, 0.6) is 0 Å². The SMILES string of the molecule is O=S(=O)([O-])c1c(Nc2ccccc2)ccc2ccccc12.[Na+]. The van der Waals surface area contributed by atoms with Crippen LogP contribution in [0.1, 0.15) is 0 Å². The van der Waals surface area contributed by atoms with E-state index in [1.165, 1.54) is 0 Å². The smallest absolute Gasteiger partial charge is 0.744 e. The molecule has 0 heterocycles. The van der Waals surface area contributed by atoms with E-state index in [-0.39, 0.29) is 40.1 Å². The van der Waals surface area contributed by atoms with Gasteiger partial charge in [-0.2, -0.15) is 0 Å². The summed E-state index contributed by atoms with van der Waals surface area (Å²) >= 11 is 0. The first-order valence-electron chi connectivity index (χ1n) is 6.35. The molecule has 6 heteroatoms. The quantitative estimate of drug-likeness (QED) is 0.563. The van der Waals surface area contributed by atoms with Gasteiger partial charge in [0.2, 0.25) is 0 Å². The zero-order valence-corrected chi connectivity index (χ0v) is 14.8. The van der Waals surface area contributed by atoms with Gasteiger partial charge in [0.05, 0.1) is 10.6 Å². The van der Waals surface area contributed by atoms with E-state index < -0.39 is 10.1 Å². The summed E-state index contributed by atoms with van der Waals surface area (Å²) in [7, 11) is -4.59. The minimum atomic E-state index is -4.59. The number of rotatable bonds is 3. The standard InChI is InChI=1S/C16H13NO3S.Na/c18-21(19,20)16-14-9-5-4-6-12(14)10-11-15(16)17-13-7-2-1-3-8-13;/h1-11,17H,(H,18,19,20);/q;+1/p-1. The van der Waals surface area contributed by atoms with Crippen molar-refractivity contribution in [3.63, 3.8) is 0 Å². The number of nitrogens with one attached hydrogen (secondary N) is 1. The van der Waals surface area contributed by atoms with E-state index >= 15 is 0 Å². The van der Waals surface area contributed by atoms with Crippen LogP contribution >= 0.6 is 0 Å². The Labute approximate surface area is 151 Å². The topological polar surface area (TPSA) is 69.2 Å². The predicted molar refractivity (Wildman–Crippen MR) is 81.6 cm³/mol. The first-order chi connectivity index (χ1) is 10.1. The molecule has 0 fully saturated rings. The van der Waals surface area contributed by atoms with Gasteiger partial charge in [-0.25, -0.2) is 8.42 Å². The summed E-state index contributed by atoms with van der Waals surface area (Å²) < 4.78 is 35.0. The van der Waals surface area contributed by atoms with Crippen LogP contribution in [0.2, 0.25) is 0 Å². The second-order valence-electron chi connectivity index (χ2n) is 4.61. The third kappa shape index (κ3) is 3.51. The fraction of sp³-hybridized carbons (Fsp3) is 0. The van der Waals surface area contributed by atoms with E-state index in [0.29, 0.717) is 10.8 Å². The minimum absolute atomic E-state index is 0. The van der Waals surface area contributed by atoms with Gasteiger partial charge in [0.1, 0.15) is 10.1 Å². The van der Waals surface area contributed by atoms with Gasteiger partial charge in [-0.15, -0.1) is 0 Å². The third-order valence-electron chi connectivity index (χ3n) is 3.18. The average molecular weight is 321 g/mol. The van der Waals surface area contributed by atoms with Crippen LogP contribution < -0.4 is 34.9 Å². The molecule has 0 aliphatic rings. The van der Waals surface area contributed by atoms with Crippen LogP contribution in [0.3, 0.4) is 0 Å². The van der Waals surface area contributed by atoms with E-state index in [0.717, 1.165) is 5.69 Å². The molecular weight excluding hydrogens is 309 g/mol. The Morgan fingerprint density at radius 1 is 0.818 bits per heavy atom. The van der Waals surface area contributed by atoms with Crippen molar-refractivity contribution in [1.82, 2.24) is 0 Å². The van der Waals surface area contributed by atoms with E-state index in [9.17, 15) is 13.0 Å². The van der Waals surface area contributed by atoms with Gasteiger partial charge >= 0.3 is 29.6 Å². The Kier molecular flexibility index (Phi) is 5.26. The summed E-state index contributed by atoms with van der Waals surface area (Å²) in [5, 5.41) is 4.13. The molecule has 0 atom stereocenters. The second-order valence-corrected chi connectivity index (χ2v) is 5.93. The molecule has 0 unspecified atom stereocenters. The molecule has 0 saturated heterocycles. The largest absolute Gasteiger partial charge is 1.00 e. The molecule has 0 spiro atoms. The minimum Gasteiger partial charge on any atom is -0.744 e. The molecule has 106 valence electrons. The predicted octanol–water partition coefficient (Wildman–Crippen LogP) is 0.491. The molecule has 3 aromatic carbocycles. The average Bonchev–Trinajstić information content (AvgIpc) is 2.47. The molecule has 1 N–H and O–H groups in total. The van der Waals surface area contributed by atoms with Gasteiger partial charge in [0.25, 0.3) is 0 Å². The van der Waals surface area contributed by atoms with Gasteiger partial charge in [-0.1, -0.05) is 48.5 Å². The zero-order chi connectivity index (χ0) is 14.9. The summed E-state index contributed by atoms with van der Waals surface area (Å²) in [5.74, 6) is 0. The molecule has 4 nitrogen and oxygen atoms in total. The Morgan fingerprint density at radius 2 is 1.45 bits per heavy atom. The molecule has 0 aliphatic heterocycles. The van der Waals surface area contributed by atoms with Crippen molar-refractivity contribution in [2.75, 3.05) is 5.32 Å². The van der Waals surface area contributed by atoms with Gasteiger partial charge in [-0.3, -0.25) is 0 Å². The monoisotopic (exact) mass is 321 g/mol. The van der Waals surface area contributed by atoms with Crippen molar-refractivity contribution >= 4 is 32.3 Å². The van der Waals surface area contributed by atoms with Gasteiger partial charge in [0, 0.05) is 11.1 Å². The molecule has 3 aromatic rings. The summed E-state index contributed by atoms with van der Waals surface area (Å²) in [6, 6.07) is 19.4. The Bertz CT molecular complexity index is 896. The number of benzene rings is 3. The molecule has 22 heavy (non-hydrogen) atoms. The third-order valence-corrected chi connectivity index (χ3v) is 4.12. The maximum Gasteiger partial charge on any atom is 1.00 e. The first-order valence-corrected chi connectivity index (χ1v) is 7.76. The van der Waals surface area contributed by atoms with Crippen LogP contribution in [0, 0.1) is 0 Å². The number of para-hydroxylation sites is 1. The maximum atomic E-state index is 11.7. The van der Waals surface area contributed by atoms with Crippen molar-refractivity contribution in [3.8, 4) is 0 Å². The van der Waals surface area contributed by atoms with E-state index in [1.807, 2.05) is 18.2 Å². The van der Waals surface area contributed by atoms with E-state index in [1.54, 1.807) is 48.5 Å². The fourth-order valence-electron chi connectivity index (χ4n) is 2.29. The van der Waals surface area contributed by atoms with Crippen molar-refractivity contribution < 1.29 is 42.5 Å². The van der Waals surface area contributed by atoms with Crippen LogP contribution in [0.4, 0.5) is 11.4 Å². The van der Waals surface area contributed by atoms with Gasteiger partial charge in [-0.05, 0) is 23.6 Å². The molecular formula is C16H12NNaO3S. The van der Waals surface area contributed by atoms with Crippen molar-refractivity contribution in [1.29, 1.82) is 0 Å².